The van der Waals surface area contributed by atoms with Gasteiger partial charge in [0.25, 0.3) is 5.56 Å². The molecular weight excluding hydrogens is 454 g/mol. The maximum atomic E-state index is 13.3. The van der Waals surface area contributed by atoms with Gasteiger partial charge in [0.15, 0.2) is 0 Å². The van der Waals surface area contributed by atoms with Crippen molar-refractivity contribution in [2.75, 3.05) is 19.7 Å². The molecule has 0 saturated carbocycles. The first-order valence-corrected chi connectivity index (χ1v) is 11.6. The molecule has 10 heteroatoms. The second-order valence-electron chi connectivity index (χ2n) is 7.53. The summed E-state index contributed by atoms with van der Waals surface area (Å²) in [6.07, 6.45) is 1.05. The van der Waals surface area contributed by atoms with Crippen molar-refractivity contribution in [3.63, 3.8) is 0 Å². The Morgan fingerprint density at radius 1 is 1.12 bits per heavy atom. The molecular formula is C22H22ClN3O5S. The smallest absolute Gasteiger partial charge is 0.336 e. The predicted octanol–water partition coefficient (Wildman–Crippen LogP) is 2.67. The molecule has 0 bridgehead atoms. The van der Waals surface area contributed by atoms with E-state index in [0.717, 1.165) is 4.57 Å². The fourth-order valence-corrected chi connectivity index (χ4v) is 4.87. The van der Waals surface area contributed by atoms with Crippen molar-refractivity contribution >= 4 is 45.0 Å². The van der Waals surface area contributed by atoms with Crippen molar-refractivity contribution in [3.05, 3.63) is 61.6 Å². The number of esters is 1. The van der Waals surface area contributed by atoms with Crippen molar-refractivity contribution in [1.29, 1.82) is 0 Å². The minimum atomic E-state index is -0.585. The maximum Gasteiger partial charge on any atom is 0.336 e. The zero-order valence-electron chi connectivity index (χ0n) is 17.5. The lowest BCUT2D eigenvalue weighted by atomic mass is 9.97. The predicted molar refractivity (Wildman–Crippen MR) is 123 cm³/mol. The molecule has 0 unspecified atom stereocenters. The Morgan fingerprint density at radius 2 is 1.81 bits per heavy atom. The second kappa shape index (κ2) is 9.30. The van der Waals surface area contributed by atoms with E-state index in [-0.39, 0.29) is 24.3 Å². The van der Waals surface area contributed by atoms with Crippen LogP contribution in [0.3, 0.4) is 0 Å². The minimum absolute atomic E-state index is 0.190. The molecule has 1 aromatic carbocycles. The molecule has 0 spiro atoms. The average molecular weight is 476 g/mol. The fraction of sp³-hybridized carbons (Fsp3) is 0.364. The monoisotopic (exact) mass is 475 g/mol. The summed E-state index contributed by atoms with van der Waals surface area (Å²) < 4.78 is 7.87. The molecule has 0 N–H and O–H groups in total. The van der Waals surface area contributed by atoms with Crippen LogP contribution in [0, 0.1) is 5.92 Å². The molecule has 0 atom stereocenters. The van der Waals surface area contributed by atoms with Crippen molar-refractivity contribution in [2.45, 2.75) is 26.3 Å². The zero-order valence-corrected chi connectivity index (χ0v) is 19.0. The van der Waals surface area contributed by atoms with Gasteiger partial charge in [-0.2, -0.15) is 0 Å². The molecule has 1 saturated heterocycles. The van der Waals surface area contributed by atoms with E-state index in [4.69, 9.17) is 16.3 Å². The normalized spacial score (nSPS) is 14.6. The molecule has 3 aromatic rings. The number of likely N-dealkylation sites (tertiary alicyclic amines) is 1. The quantitative estimate of drug-likeness (QED) is 0.529. The number of aromatic nitrogens is 2. The Labute approximate surface area is 192 Å². The summed E-state index contributed by atoms with van der Waals surface area (Å²) in [7, 11) is 0. The van der Waals surface area contributed by atoms with Crippen molar-refractivity contribution in [3.8, 4) is 5.69 Å². The summed E-state index contributed by atoms with van der Waals surface area (Å²) in [5, 5.41) is 2.21. The number of carbonyl (C=O) groups is 2. The highest BCUT2D eigenvalue weighted by Crippen LogP contribution is 2.21. The van der Waals surface area contributed by atoms with Crippen molar-refractivity contribution in [2.24, 2.45) is 5.92 Å². The van der Waals surface area contributed by atoms with Gasteiger partial charge in [0.1, 0.15) is 11.2 Å². The van der Waals surface area contributed by atoms with Gasteiger partial charge in [-0.3, -0.25) is 19.0 Å². The Bertz CT molecular complexity index is 1270. The van der Waals surface area contributed by atoms with Crippen LogP contribution in [0.2, 0.25) is 5.02 Å². The Hall–Kier alpha value is -2.91. The van der Waals surface area contributed by atoms with Gasteiger partial charge in [-0.05, 0) is 55.5 Å². The first kappa shape index (κ1) is 22.3. The largest absolute Gasteiger partial charge is 0.466 e. The number of hydrogen-bond acceptors (Lipinski definition) is 6. The van der Waals surface area contributed by atoms with E-state index in [1.807, 2.05) is 0 Å². The van der Waals surface area contributed by atoms with Crippen LogP contribution in [0.1, 0.15) is 19.8 Å². The second-order valence-corrected chi connectivity index (χ2v) is 8.88. The van der Waals surface area contributed by atoms with E-state index in [9.17, 15) is 19.2 Å². The number of rotatable bonds is 5. The summed E-state index contributed by atoms with van der Waals surface area (Å²) in [4.78, 5) is 52.9. The van der Waals surface area contributed by atoms with Gasteiger partial charge in [-0.15, -0.1) is 11.3 Å². The van der Waals surface area contributed by atoms with E-state index in [1.165, 1.54) is 15.9 Å². The number of fused-ring (bicyclic) bond motifs is 1. The molecule has 8 nitrogen and oxygen atoms in total. The first-order valence-electron chi connectivity index (χ1n) is 10.3. The van der Waals surface area contributed by atoms with E-state index in [0.29, 0.717) is 53.5 Å². The van der Waals surface area contributed by atoms with E-state index >= 15 is 0 Å². The standard InChI is InChI=1S/C22H22ClN3O5S/c1-2-31-21(29)14-7-10-24(11-8-14)18(27)13-25-17-9-12-32-19(17)20(28)26(22(25)30)16-5-3-15(23)4-6-16/h3-6,9,12,14H,2,7-8,10-11,13H2,1H3. The van der Waals surface area contributed by atoms with Gasteiger partial charge >= 0.3 is 11.7 Å². The molecule has 0 aliphatic carbocycles. The SMILES string of the molecule is CCOC(=O)C1CCN(C(=O)Cn2c(=O)n(-c3ccc(Cl)cc3)c(=O)c3sccc32)CC1. The first-order chi connectivity index (χ1) is 15.4. The van der Waals surface area contributed by atoms with Crippen LogP contribution in [0.15, 0.2) is 45.3 Å². The molecule has 1 fully saturated rings. The average Bonchev–Trinajstić information content (AvgIpc) is 3.28. The highest BCUT2D eigenvalue weighted by atomic mass is 35.5. The van der Waals surface area contributed by atoms with Crippen molar-refractivity contribution in [1.82, 2.24) is 14.0 Å². The number of amides is 1. The Morgan fingerprint density at radius 3 is 2.47 bits per heavy atom. The van der Waals surface area contributed by atoms with Gasteiger partial charge in [-0.1, -0.05) is 11.6 Å². The van der Waals surface area contributed by atoms with E-state index in [2.05, 4.69) is 0 Å². The third kappa shape index (κ3) is 4.22. The van der Waals surface area contributed by atoms with Gasteiger partial charge in [-0.25, -0.2) is 9.36 Å². The minimum Gasteiger partial charge on any atom is -0.466 e. The summed E-state index contributed by atoms with van der Waals surface area (Å²) in [6.45, 7) is 2.75. The Balaban J connectivity index is 1.62. The summed E-state index contributed by atoms with van der Waals surface area (Å²) in [6, 6.07) is 8.07. The lowest BCUT2D eigenvalue weighted by Crippen LogP contribution is -2.45. The number of carbonyl (C=O) groups excluding carboxylic acids is 2. The van der Waals surface area contributed by atoms with Crippen molar-refractivity contribution < 1.29 is 14.3 Å². The van der Waals surface area contributed by atoms with Crippen LogP contribution in [0.5, 0.6) is 0 Å². The summed E-state index contributed by atoms with van der Waals surface area (Å²) in [5.74, 6) is -0.675. The van der Waals surface area contributed by atoms with E-state index in [1.54, 1.807) is 47.5 Å². The number of halogens is 1. The number of thiophene rings is 1. The molecule has 2 aromatic heterocycles. The molecule has 1 aliphatic heterocycles. The van der Waals surface area contributed by atoms with Crippen LogP contribution in [0.4, 0.5) is 0 Å². The topological polar surface area (TPSA) is 90.6 Å². The van der Waals surface area contributed by atoms with Gasteiger partial charge in [0.2, 0.25) is 5.91 Å². The fourth-order valence-electron chi connectivity index (χ4n) is 3.92. The van der Waals surface area contributed by atoms with Gasteiger partial charge in [0, 0.05) is 18.1 Å². The lowest BCUT2D eigenvalue weighted by Gasteiger charge is -2.31. The van der Waals surface area contributed by atoms with Crippen LogP contribution >= 0.6 is 22.9 Å². The van der Waals surface area contributed by atoms with Crippen LogP contribution < -0.4 is 11.2 Å². The maximum absolute atomic E-state index is 13.3. The number of nitrogens with zero attached hydrogens (tertiary/aromatic N) is 3. The third-order valence-electron chi connectivity index (χ3n) is 5.60. The summed E-state index contributed by atoms with van der Waals surface area (Å²) in [5.41, 5.74) is -0.194. The molecule has 0 radical (unpaired) electrons. The third-order valence-corrected chi connectivity index (χ3v) is 6.74. The number of ether oxygens (including phenoxy) is 1. The van der Waals surface area contributed by atoms with Crippen LogP contribution in [0.25, 0.3) is 15.9 Å². The van der Waals surface area contributed by atoms with Crippen LogP contribution in [-0.4, -0.2) is 45.6 Å². The van der Waals surface area contributed by atoms with E-state index < -0.39 is 11.2 Å². The highest BCUT2D eigenvalue weighted by Gasteiger charge is 2.29. The zero-order chi connectivity index (χ0) is 22.8. The van der Waals surface area contributed by atoms with Gasteiger partial charge in [0.05, 0.1) is 23.7 Å². The van der Waals surface area contributed by atoms with Crippen LogP contribution in [-0.2, 0) is 20.9 Å². The Kier molecular flexibility index (Phi) is 6.48. The molecule has 4 rings (SSSR count). The number of hydrogen-bond donors (Lipinski definition) is 0. The molecule has 3 heterocycles. The molecule has 168 valence electrons. The molecule has 1 aliphatic rings. The summed E-state index contributed by atoms with van der Waals surface area (Å²) >= 11 is 7.17. The lowest BCUT2D eigenvalue weighted by molar-refractivity contribution is -0.151. The molecule has 32 heavy (non-hydrogen) atoms. The number of piperidine rings is 1. The highest BCUT2D eigenvalue weighted by molar-refractivity contribution is 7.17. The van der Waals surface area contributed by atoms with Gasteiger partial charge < -0.3 is 9.64 Å². The molecule has 1 amide bonds. The number of benzene rings is 1.